The van der Waals surface area contributed by atoms with Gasteiger partial charge in [0.2, 0.25) is 0 Å². The molecule has 2 rings (SSSR count). The molecule has 1 N–H and O–H groups in total. The Hall–Kier alpha value is -1.32. The molecule has 1 heterocycles. The molecule has 0 atom stereocenters. The first-order valence-corrected chi connectivity index (χ1v) is 8.47. The molecule has 4 nitrogen and oxygen atoms in total. The van der Waals surface area contributed by atoms with Crippen molar-refractivity contribution in [1.82, 2.24) is 14.9 Å². The van der Waals surface area contributed by atoms with Crippen molar-refractivity contribution in [2.45, 2.75) is 78.2 Å². The summed E-state index contributed by atoms with van der Waals surface area (Å²) in [5, 5.41) is 0. The molecule has 21 heavy (non-hydrogen) atoms. The van der Waals surface area contributed by atoms with Crippen LogP contribution in [-0.2, 0) is 0 Å². The van der Waals surface area contributed by atoms with E-state index >= 15 is 0 Å². The van der Waals surface area contributed by atoms with Crippen LogP contribution in [0.4, 0.5) is 0 Å². The third-order valence-electron chi connectivity index (χ3n) is 4.48. The van der Waals surface area contributed by atoms with Crippen molar-refractivity contribution in [1.29, 1.82) is 0 Å². The summed E-state index contributed by atoms with van der Waals surface area (Å²) in [5.74, 6) is 0.948. The van der Waals surface area contributed by atoms with Crippen molar-refractivity contribution in [2.75, 3.05) is 6.54 Å². The number of carbonyl (C=O) groups is 1. The van der Waals surface area contributed by atoms with Crippen LogP contribution in [0.2, 0.25) is 0 Å². The Labute approximate surface area is 128 Å². The molecule has 0 bridgehead atoms. The van der Waals surface area contributed by atoms with Gasteiger partial charge < -0.3 is 9.88 Å². The van der Waals surface area contributed by atoms with Crippen LogP contribution in [0.15, 0.2) is 0 Å². The van der Waals surface area contributed by atoms with Gasteiger partial charge in [-0.05, 0) is 33.1 Å². The minimum absolute atomic E-state index is 0.122. The highest BCUT2D eigenvalue weighted by atomic mass is 16.2. The van der Waals surface area contributed by atoms with Gasteiger partial charge in [0.15, 0.2) is 0 Å². The molecular formula is C17H29N3O. The fourth-order valence-electron chi connectivity index (χ4n) is 3.30. The Morgan fingerprint density at radius 3 is 2.43 bits per heavy atom. The van der Waals surface area contributed by atoms with Gasteiger partial charge in [-0.3, -0.25) is 4.79 Å². The van der Waals surface area contributed by atoms with Gasteiger partial charge in [0, 0.05) is 18.3 Å². The Morgan fingerprint density at radius 2 is 1.90 bits per heavy atom. The molecule has 0 spiro atoms. The molecule has 118 valence electrons. The molecule has 0 aromatic carbocycles. The van der Waals surface area contributed by atoms with Crippen LogP contribution in [0.3, 0.4) is 0 Å². The van der Waals surface area contributed by atoms with E-state index in [1.807, 2.05) is 13.8 Å². The van der Waals surface area contributed by atoms with Crippen LogP contribution in [0.25, 0.3) is 0 Å². The van der Waals surface area contributed by atoms with Gasteiger partial charge in [0.1, 0.15) is 11.5 Å². The Kier molecular flexibility index (Phi) is 5.83. The summed E-state index contributed by atoms with van der Waals surface area (Å²) in [5.41, 5.74) is 1.51. The van der Waals surface area contributed by atoms with Crippen molar-refractivity contribution in [2.24, 2.45) is 0 Å². The number of rotatable bonds is 5. The molecule has 1 aromatic rings. The quantitative estimate of drug-likeness (QED) is 0.834. The lowest BCUT2D eigenvalue weighted by atomic mass is 10.1. The van der Waals surface area contributed by atoms with E-state index in [1.54, 1.807) is 0 Å². The van der Waals surface area contributed by atoms with Crippen LogP contribution < -0.4 is 0 Å². The number of aryl methyl sites for hydroxylation is 2. The molecule has 1 aliphatic carbocycles. The van der Waals surface area contributed by atoms with Crippen LogP contribution >= 0.6 is 0 Å². The van der Waals surface area contributed by atoms with Crippen LogP contribution in [-0.4, -0.2) is 33.4 Å². The van der Waals surface area contributed by atoms with Crippen LogP contribution in [0.1, 0.15) is 80.3 Å². The van der Waals surface area contributed by atoms with Gasteiger partial charge in [0.25, 0.3) is 5.91 Å². The fourth-order valence-corrected chi connectivity index (χ4v) is 3.30. The van der Waals surface area contributed by atoms with Crippen molar-refractivity contribution >= 4 is 5.91 Å². The van der Waals surface area contributed by atoms with Gasteiger partial charge in [-0.1, -0.05) is 39.0 Å². The van der Waals surface area contributed by atoms with E-state index in [4.69, 9.17) is 0 Å². The Bertz CT molecular complexity index is 459. The van der Waals surface area contributed by atoms with E-state index in [1.165, 1.54) is 25.7 Å². The molecule has 4 heteroatoms. The summed E-state index contributed by atoms with van der Waals surface area (Å²) in [7, 11) is 0. The van der Waals surface area contributed by atoms with Gasteiger partial charge in [-0.15, -0.1) is 0 Å². The molecule has 1 aromatic heterocycles. The Morgan fingerprint density at radius 1 is 1.24 bits per heavy atom. The number of unbranched alkanes of at least 4 members (excludes halogenated alkanes) is 1. The van der Waals surface area contributed by atoms with Gasteiger partial charge >= 0.3 is 0 Å². The molecule has 1 saturated carbocycles. The number of nitrogens with zero attached hydrogens (tertiary/aromatic N) is 2. The number of nitrogens with one attached hydrogen (secondary N) is 1. The lowest BCUT2D eigenvalue weighted by molar-refractivity contribution is 0.0650. The van der Waals surface area contributed by atoms with Gasteiger partial charge in [-0.2, -0.15) is 0 Å². The van der Waals surface area contributed by atoms with E-state index in [9.17, 15) is 4.79 Å². The topological polar surface area (TPSA) is 49.0 Å². The maximum absolute atomic E-state index is 12.9. The smallest absolute Gasteiger partial charge is 0.274 e. The lowest BCUT2D eigenvalue weighted by Gasteiger charge is -2.31. The second kappa shape index (κ2) is 7.62. The van der Waals surface area contributed by atoms with E-state index in [2.05, 4.69) is 21.8 Å². The van der Waals surface area contributed by atoms with Crippen molar-refractivity contribution in [3.8, 4) is 0 Å². The third-order valence-corrected chi connectivity index (χ3v) is 4.48. The van der Waals surface area contributed by atoms with Crippen molar-refractivity contribution < 1.29 is 4.79 Å². The summed E-state index contributed by atoms with van der Waals surface area (Å²) >= 11 is 0. The summed E-state index contributed by atoms with van der Waals surface area (Å²) in [6.07, 6.45) is 9.62. The fraction of sp³-hybridized carbons (Fsp3) is 0.765. The summed E-state index contributed by atoms with van der Waals surface area (Å²) in [4.78, 5) is 22.6. The minimum atomic E-state index is 0.122. The minimum Gasteiger partial charge on any atom is -0.346 e. The average Bonchev–Trinajstić information content (AvgIpc) is 2.68. The monoisotopic (exact) mass is 291 g/mol. The summed E-state index contributed by atoms with van der Waals surface area (Å²) in [6, 6.07) is 0.406. The normalized spacial score (nSPS) is 16.7. The Balaban J connectivity index is 2.17. The maximum Gasteiger partial charge on any atom is 0.274 e. The number of hydrogen-bond donors (Lipinski definition) is 1. The zero-order chi connectivity index (χ0) is 15.2. The van der Waals surface area contributed by atoms with Crippen LogP contribution in [0.5, 0.6) is 0 Å². The largest absolute Gasteiger partial charge is 0.346 e. The highest BCUT2D eigenvalue weighted by molar-refractivity contribution is 5.93. The molecule has 1 aliphatic rings. The molecule has 0 unspecified atom stereocenters. The van der Waals surface area contributed by atoms with Crippen LogP contribution in [0, 0.1) is 13.8 Å². The number of carbonyl (C=O) groups excluding carboxylic acids is 1. The molecule has 0 saturated heterocycles. The standard InChI is InChI=1S/C17H29N3O/c1-4-5-12-20(15-10-8-6-7-9-11-15)17(21)16-13(2)18-14(3)19-16/h15H,4-12H2,1-3H3,(H,18,19). The maximum atomic E-state index is 12.9. The average molecular weight is 291 g/mol. The number of imidazole rings is 1. The number of hydrogen-bond acceptors (Lipinski definition) is 2. The highest BCUT2D eigenvalue weighted by Crippen LogP contribution is 2.24. The number of H-pyrrole nitrogens is 1. The predicted octanol–water partition coefficient (Wildman–Crippen LogP) is 3.99. The van der Waals surface area contributed by atoms with E-state index < -0.39 is 0 Å². The first kappa shape index (κ1) is 16.1. The van der Waals surface area contributed by atoms with E-state index in [0.29, 0.717) is 11.7 Å². The number of amides is 1. The first-order valence-electron chi connectivity index (χ1n) is 8.47. The summed E-state index contributed by atoms with van der Waals surface area (Å²) < 4.78 is 0. The highest BCUT2D eigenvalue weighted by Gasteiger charge is 2.27. The molecule has 1 amide bonds. The second-order valence-corrected chi connectivity index (χ2v) is 6.29. The third kappa shape index (κ3) is 4.08. The number of aromatic amines is 1. The van der Waals surface area contributed by atoms with Gasteiger partial charge in [-0.25, -0.2) is 4.98 Å². The zero-order valence-electron chi connectivity index (χ0n) is 13.7. The molecule has 1 fully saturated rings. The molecular weight excluding hydrogens is 262 g/mol. The van der Waals surface area contributed by atoms with Gasteiger partial charge in [0.05, 0.1) is 0 Å². The zero-order valence-corrected chi connectivity index (χ0v) is 13.7. The van der Waals surface area contributed by atoms with E-state index in [0.717, 1.165) is 43.7 Å². The van der Waals surface area contributed by atoms with E-state index in [-0.39, 0.29) is 5.91 Å². The number of aromatic nitrogens is 2. The SMILES string of the molecule is CCCCN(C(=O)c1nc(C)[nH]c1C)C1CCCCCC1. The molecule has 0 aliphatic heterocycles. The van der Waals surface area contributed by atoms with Crippen molar-refractivity contribution in [3.63, 3.8) is 0 Å². The lowest BCUT2D eigenvalue weighted by Crippen LogP contribution is -2.41. The second-order valence-electron chi connectivity index (χ2n) is 6.29. The predicted molar refractivity (Wildman–Crippen MR) is 85.5 cm³/mol. The summed E-state index contributed by atoms with van der Waals surface area (Å²) in [6.45, 7) is 6.90. The molecule has 0 radical (unpaired) electrons. The first-order chi connectivity index (χ1) is 10.1. The van der Waals surface area contributed by atoms with Crippen molar-refractivity contribution in [3.05, 3.63) is 17.2 Å².